The molecule has 0 radical (unpaired) electrons. The molecule has 6 atom stereocenters. The average Bonchev–Trinajstić information content (AvgIpc) is 0.781. The van der Waals surface area contributed by atoms with Crippen molar-refractivity contribution in [1.29, 1.82) is 0 Å². The molecule has 12 rings (SSSR count). The van der Waals surface area contributed by atoms with Crippen molar-refractivity contribution in [3.63, 3.8) is 0 Å². The third-order valence-electron chi connectivity index (χ3n) is 25.7. The fourth-order valence-electron chi connectivity index (χ4n) is 18.7. The minimum Gasteiger partial charge on any atom is -0.444 e. The lowest BCUT2D eigenvalue weighted by Crippen LogP contribution is -2.60. The van der Waals surface area contributed by atoms with Gasteiger partial charge in [-0.05, 0) is 205 Å². The van der Waals surface area contributed by atoms with Gasteiger partial charge in [-0.25, -0.2) is 39.6 Å². The van der Waals surface area contributed by atoms with Gasteiger partial charge < -0.3 is 43.6 Å². The molecule has 6 aromatic carbocycles. The minimum atomic E-state index is -3.29. The van der Waals surface area contributed by atoms with Gasteiger partial charge in [0.05, 0.1) is 32.8 Å². The molecule has 6 aliphatic heterocycles. The van der Waals surface area contributed by atoms with Gasteiger partial charge in [0.25, 0.3) is 0 Å². The molecule has 0 bridgehead atoms. The zero-order valence-corrected chi connectivity index (χ0v) is 83.1. The Labute approximate surface area is 771 Å². The van der Waals surface area contributed by atoms with Crippen LogP contribution in [0.1, 0.15) is 234 Å². The zero-order chi connectivity index (χ0) is 94.7. The number of piperidine rings is 3. The lowest BCUT2D eigenvalue weighted by Gasteiger charge is -2.50. The number of carbonyl (C=O) groups excluding carboxylic acids is 6. The number of hydrogen-bond donors (Lipinski definition) is 0. The van der Waals surface area contributed by atoms with E-state index in [4.69, 9.17) is 14.2 Å². The number of nitrogens with zero attached hydrogens (tertiary/aromatic N) is 9. The quantitative estimate of drug-likeness (QED) is 0.0724. The highest BCUT2D eigenvalue weighted by Gasteiger charge is 2.46. The van der Waals surface area contributed by atoms with Crippen LogP contribution in [-0.4, -0.2) is 257 Å². The number of piperazine rings is 3. The van der Waals surface area contributed by atoms with E-state index in [-0.39, 0.29) is 106 Å². The van der Waals surface area contributed by atoms with Gasteiger partial charge in [0.1, 0.15) is 16.8 Å². The molecule has 0 aromatic heterocycles. The van der Waals surface area contributed by atoms with Crippen molar-refractivity contribution in [2.45, 2.75) is 250 Å². The smallest absolute Gasteiger partial charge is 0.410 e. The molecule has 0 spiro atoms. The predicted octanol–water partition coefficient (Wildman–Crippen LogP) is 17.3. The molecule has 6 aliphatic rings. The molecule has 708 valence electrons. The second-order valence-corrected chi connectivity index (χ2v) is 48.7. The van der Waals surface area contributed by atoms with Crippen molar-refractivity contribution in [1.82, 2.24) is 44.1 Å². The Morgan fingerprint density at radius 2 is 0.481 bits per heavy atom. The fraction of sp³-hybridized carbons (Fsp3) is 0.588. The van der Waals surface area contributed by atoms with Crippen molar-refractivity contribution < 1.29 is 68.2 Å². The van der Waals surface area contributed by atoms with Crippen molar-refractivity contribution in [2.75, 3.05) is 117 Å². The fourth-order valence-corrected chi connectivity index (χ4v) is 20.6. The van der Waals surface area contributed by atoms with Crippen LogP contribution < -0.4 is 0 Å². The molecule has 129 heavy (non-hydrogen) atoms. The van der Waals surface area contributed by atoms with Gasteiger partial charge >= 0.3 is 18.3 Å². The molecule has 27 heteroatoms. The van der Waals surface area contributed by atoms with Gasteiger partial charge in [-0.15, -0.1) is 0 Å². The number of likely N-dealkylation sites (tertiary alicyclic amines) is 3. The van der Waals surface area contributed by atoms with E-state index in [1.807, 2.05) is 153 Å². The van der Waals surface area contributed by atoms with E-state index in [2.05, 4.69) is 128 Å². The van der Waals surface area contributed by atoms with Gasteiger partial charge in [-0.3, -0.25) is 29.1 Å². The van der Waals surface area contributed by atoms with Crippen LogP contribution in [0.4, 0.5) is 14.4 Å². The van der Waals surface area contributed by atoms with Crippen molar-refractivity contribution in [3.8, 4) is 0 Å². The summed E-state index contributed by atoms with van der Waals surface area (Å²) in [7, 11) is -9.87. The summed E-state index contributed by atoms with van der Waals surface area (Å²) in [5, 5.41) is 0. The lowest BCUT2D eigenvalue weighted by atomic mass is 9.82. The number of sulfone groups is 3. The summed E-state index contributed by atoms with van der Waals surface area (Å²) in [5.74, 6) is 1.29. The number of amides is 6. The van der Waals surface area contributed by atoms with Crippen LogP contribution in [0.5, 0.6) is 0 Å². The second-order valence-electron chi connectivity index (χ2n) is 42.7. The number of rotatable bonds is 18. The first-order chi connectivity index (χ1) is 60.1. The Morgan fingerprint density at radius 3 is 0.659 bits per heavy atom. The first kappa shape index (κ1) is 102. The molecule has 0 aliphatic carbocycles. The van der Waals surface area contributed by atoms with Crippen LogP contribution in [0.3, 0.4) is 0 Å². The molecule has 6 amide bonds. The summed E-state index contributed by atoms with van der Waals surface area (Å²) in [6, 6.07) is 52.4. The molecule has 6 fully saturated rings. The number of carbonyl (C=O) groups is 6. The summed E-state index contributed by atoms with van der Waals surface area (Å²) in [6.07, 6.45) is 9.10. The van der Waals surface area contributed by atoms with Crippen LogP contribution in [0.25, 0.3) is 0 Å². The third kappa shape index (κ3) is 29.1. The van der Waals surface area contributed by atoms with Crippen molar-refractivity contribution in [3.05, 3.63) is 197 Å². The molecule has 6 heterocycles. The maximum atomic E-state index is 13.8. The summed E-state index contributed by atoms with van der Waals surface area (Å²) in [5.41, 5.74) is 4.51. The van der Waals surface area contributed by atoms with Crippen LogP contribution in [0.2, 0.25) is 0 Å². The van der Waals surface area contributed by atoms with Crippen molar-refractivity contribution >= 4 is 65.5 Å². The Kier molecular flexibility index (Phi) is 33.7. The van der Waals surface area contributed by atoms with E-state index in [1.165, 1.54) is 18.8 Å². The molecule has 24 nitrogen and oxygen atoms in total. The summed E-state index contributed by atoms with van der Waals surface area (Å²) in [6.45, 7) is 46.4. The number of hydrogen-bond acceptors (Lipinski definition) is 18. The normalized spacial score (nSPS) is 20.1. The summed E-state index contributed by atoms with van der Waals surface area (Å²) >= 11 is 0. The molecule has 6 aromatic rings. The maximum absolute atomic E-state index is 13.8. The highest BCUT2D eigenvalue weighted by atomic mass is 32.2. The van der Waals surface area contributed by atoms with E-state index < -0.39 is 46.3 Å². The monoisotopic (exact) mass is 1830 g/mol. The topological polar surface area (TPSA) is 262 Å². The summed E-state index contributed by atoms with van der Waals surface area (Å²) in [4.78, 5) is 98.7. The standard InChI is InChI=1S/3C34H49N3O5S/c3*1-33(2,3)29-24-36(31(26-11-9-8-10-12-26)27-13-15-28(16-14-27)43(7,40)41)21-22-37(29)30(38)23-25-17-19-35(20-18-25)32(39)42-34(4,5)6/h3*8-16,25,29,31H,17-24H2,1-7H3/t3*29-,31?/m111/s1. The lowest BCUT2D eigenvalue weighted by molar-refractivity contribution is -0.142. The molecular weight excluding hydrogens is 1690 g/mol. The van der Waals surface area contributed by atoms with E-state index in [1.54, 1.807) is 51.1 Å². The van der Waals surface area contributed by atoms with Gasteiger partial charge in [-0.1, -0.05) is 190 Å². The van der Waals surface area contributed by atoms with Gasteiger partial charge in [0.15, 0.2) is 29.5 Å². The second kappa shape index (κ2) is 42.4. The van der Waals surface area contributed by atoms with E-state index in [0.717, 1.165) is 71.9 Å². The first-order valence-electron chi connectivity index (χ1n) is 46.2. The van der Waals surface area contributed by atoms with Gasteiger partial charge in [0.2, 0.25) is 17.7 Å². The largest absolute Gasteiger partial charge is 0.444 e. The van der Waals surface area contributed by atoms with Crippen LogP contribution >= 0.6 is 0 Å². The number of ether oxygens (including phenoxy) is 3. The minimum absolute atomic E-state index is 0.0112. The molecule has 3 unspecified atom stereocenters. The predicted molar refractivity (Wildman–Crippen MR) is 509 cm³/mol. The van der Waals surface area contributed by atoms with Crippen molar-refractivity contribution in [2.24, 2.45) is 34.0 Å². The Morgan fingerprint density at radius 1 is 0.287 bits per heavy atom. The Bertz CT molecular complexity index is 4570. The molecule has 0 N–H and O–H groups in total. The third-order valence-corrected chi connectivity index (χ3v) is 29.1. The van der Waals surface area contributed by atoms with Gasteiger partial charge in [-0.2, -0.15) is 0 Å². The number of benzene rings is 6. The van der Waals surface area contributed by atoms with Crippen LogP contribution in [0, 0.1) is 34.0 Å². The Balaban J connectivity index is 0.000000201. The molecule has 6 saturated heterocycles. The van der Waals surface area contributed by atoms with E-state index >= 15 is 0 Å². The maximum Gasteiger partial charge on any atom is 0.410 e. The average molecular weight is 1840 g/mol. The first-order valence-corrected chi connectivity index (χ1v) is 51.8. The zero-order valence-electron chi connectivity index (χ0n) is 80.6. The molecular formula is C102H147N9O15S3. The highest BCUT2D eigenvalue weighted by Crippen LogP contribution is 2.42. The van der Waals surface area contributed by atoms with Crippen LogP contribution in [-0.2, 0) is 58.1 Å². The van der Waals surface area contributed by atoms with E-state index in [9.17, 15) is 54.0 Å². The molecule has 0 saturated carbocycles. The summed E-state index contributed by atoms with van der Waals surface area (Å²) < 4.78 is 89.2. The van der Waals surface area contributed by atoms with Gasteiger partial charge in [0, 0.05) is 154 Å². The SMILES string of the molecule is CC(C)(C)OC(=O)N1CCC(CC(=O)N2CCN(C(c3ccccc3)c3ccc(S(C)(=O)=O)cc3)C[C@@H]2C(C)(C)C)CC1.CC(C)(C)OC(=O)N1CCC(CC(=O)N2CCN(C(c3ccccc3)c3ccc(S(C)(=O)=O)cc3)C[C@@H]2C(C)(C)C)CC1.CC(C)(C)OC(=O)N1CCC(CC(=O)N2CCN(C(c3ccccc3)c3ccc(S(C)(=O)=O)cc3)C[C@@H]2C(C)(C)C)CC1. The van der Waals surface area contributed by atoms with E-state index in [0.29, 0.717) is 132 Å². The Hall–Kier alpha value is -8.73. The van der Waals surface area contributed by atoms with Crippen LogP contribution in [0.15, 0.2) is 178 Å². The highest BCUT2D eigenvalue weighted by molar-refractivity contribution is 7.91.